The minimum Gasteiger partial charge on any atom is -0.339 e. The molecule has 2 atom stereocenters. The van der Waals surface area contributed by atoms with Gasteiger partial charge in [-0.1, -0.05) is 43.2 Å². The summed E-state index contributed by atoms with van der Waals surface area (Å²) in [6.45, 7) is 2.82. The SMILES string of the molecule is O=C(CC1CCCC1)N1CCN(C(=O)C2CC2c2ccccc2)CC1. The summed E-state index contributed by atoms with van der Waals surface area (Å²) in [5.41, 5.74) is 1.28. The molecule has 0 bridgehead atoms. The van der Waals surface area contributed by atoms with Crippen LogP contribution in [0.5, 0.6) is 0 Å². The third-order valence-corrected chi connectivity index (χ3v) is 6.22. The average Bonchev–Trinajstić information content (AvgIpc) is 3.30. The summed E-state index contributed by atoms with van der Waals surface area (Å²) in [5, 5.41) is 0. The molecule has 1 aromatic rings. The van der Waals surface area contributed by atoms with Crippen molar-refractivity contribution in [3.63, 3.8) is 0 Å². The fourth-order valence-corrected chi connectivity index (χ4v) is 4.54. The highest BCUT2D eigenvalue weighted by molar-refractivity contribution is 5.83. The third kappa shape index (κ3) is 3.73. The summed E-state index contributed by atoms with van der Waals surface area (Å²) in [4.78, 5) is 29.1. The molecule has 4 nitrogen and oxygen atoms in total. The van der Waals surface area contributed by atoms with Crippen LogP contribution in [0.3, 0.4) is 0 Å². The van der Waals surface area contributed by atoms with Crippen molar-refractivity contribution in [2.75, 3.05) is 26.2 Å². The molecule has 1 heterocycles. The number of piperazine rings is 1. The Balaban J connectivity index is 1.25. The number of hydrogen-bond donors (Lipinski definition) is 0. The van der Waals surface area contributed by atoms with Crippen molar-refractivity contribution in [3.8, 4) is 0 Å². The Bertz CT molecular complexity index is 616. The van der Waals surface area contributed by atoms with Crippen molar-refractivity contribution in [1.82, 2.24) is 9.80 Å². The van der Waals surface area contributed by atoms with Gasteiger partial charge in [0.1, 0.15) is 0 Å². The van der Waals surface area contributed by atoms with E-state index in [1.807, 2.05) is 28.0 Å². The molecule has 0 radical (unpaired) electrons. The second-order valence-electron chi connectivity index (χ2n) is 7.92. The van der Waals surface area contributed by atoms with Gasteiger partial charge in [0.25, 0.3) is 0 Å². The fourth-order valence-electron chi connectivity index (χ4n) is 4.54. The topological polar surface area (TPSA) is 40.6 Å². The number of carbonyl (C=O) groups excluding carboxylic acids is 2. The van der Waals surface area contributed by atoms with Gasteiger partial charge in [-0.2, -0.15) is 0 Å². The minimum absolute atomic E-state index is 0.156. The molecule has 0 N–H and O–H groups in total. The maximum Gasteiger partial charge on any atom is 0.226 e. The second kappa shape index (κ2) is 7.19. The quantitative estimate of drug-likeness (QED) is 0.845. The number of hydrogen-bond acceptors (Lipinski definition) is 2. The number of nitrogens with zero attached hydrogens (tertiary/aromatic N) is 2. The second-order valence-corrected chi connectivity index (χ2v) is 7.92. The Hall–Kier alpha value is -1.84. The van der Waals surface area contributed by atoms with Crippen molar-refractivity contribution < 1.29 is 9.59 Å². The van der Waals surface area contributed by atoms with Gasteiger partial charge in [0, 0.05) is 38.5 Å². The van der Waals surface area contributed by atoms with Crippen LogP contribution in [0.1, 0.15) is 50.0 Å². The van der Waals surface area contributed by atoms with Gasteiger partial charge in [-0.05, 0) is 36.7 Å². The van der Waals surface area contributed by atoms with Crippen LogP contribution in [0, 0.1) is 11.8 Å². The van der Waals surface area contributed by atoms with E-state index in [1.165, 1.54) is 31.2 Å². The van der Waals surface area contributed by atoms with Crippen molar-refractivity contribution >= 4 is 11.8 Å². The van der Waals surface area contributed by atoms with E-state index >= 15 is 0 Å². The molecule has 2 amide bonds. The van der Waals surface area contributed by atoms with E-state index in [-0.39, 0.29) is 11.8 Å². The number of rotatable bonds is 4. The van der Waals surface area contributed by atoms with Gasteiger partial charge in [-0.25, -0.2) is 0 Å². The fraction of sp³-hybridized carbons (Fsp3) is 0.619. The largest absolute Gasteiger partial charge is 0.339 e. The van der Waals surface area contributed by atoms with E-state index < -0.39 is 0 Å². The van der Waals surface area contributed by atoms with E-state index in [1.54, 1.807) is 0 Å². The van der Waals surface area contributed by atoms with Gasteiger partial charge in [-0.15, -0.1) is 0 Å². The van der Waals surface area contributed by atoms with Crippen LogP contribution < -0.4 is 0 Å². The first-order valence-electron chi connectivity index (χ1n) is 9.84. The molecule has 2 unspecified atom stereocenters. The van der Waals surface area contributed by atoms with Gasteiger partial charge in [-0.3, -0.25) is 9.59 Å². The van der Waals surface area contributed by atoms with Crippen molar-refractivity contribution in [2.24, 2.45) is 11.8 Å². The zero-order valence-corrected chi connectivity index (χ0v) is 14.9. The van der Waals surface area contributed by atoms with Crippen LogP contribution in [-0.2, 0) is 9.59 Å². The van der Waals surface area contributed by atoms with Crippen molar-refractivity contribution in [2.45, 2.75) is 44.4 Å². The van der Waals surface area contributed by atoms with Crippen molar-refractivity contribution in [1.29, 1.82) is 0 Å². The Kier molecular flexibility index (Phi) is 4.78. The monoisotopic (exact) mass is 340 g/mol. The van der Waals surface area contributed by atoms with E-state index in [0.29, 0.717) is 50.3 Å². The lowest BCUT2D eigenvalue weighted by atomic mass is 10.0. The summed E-state index contributed by atoms with van der Waals surface area (Å²) < 4.78 is 0. The van der Waals surface area contributed by atoms with E-state index in [0.717, 1.165) is 6.42 Å². The minimum atomic E-state index is 0.156. The van der Waals surface area contributed by atoms with Crippen LogP contribution in [0.4, 0.5) is 0 Å². The predicted molar refractivity (Wildman–Crippen MR) is 97.0 cm³/mol. The summed E-state index contributed by atoms with van der Waals surface area (Å²) in [7, 11) is 0. The molecule has 1 aromatic carbocycles. The molecule has 1 aliphatic heterocycles. The molecule has 1 saturated heterocycles. The van der Waals surface area contributed by atoms with Crippen molar-refractivity contribution in [3.05, 3.63) is 35.9 Å². The first kappa shape index (κ1) is 16.6. The lowest BCUT2D eigenvalue weighted by molar-refractivity contribution is -0.140. The Morgan fingerprint density at radius 2 is 1.56 bits per heavy atom. The summed E-state index contributed by atoms with van der Waals surface area (Å²) >= 11 is 0. The lowest BCUT2D eigenvalue weighted by Crippen LogP contribution is -2.51. The molecule has 4 heteroatoms. The Labute approximate surface area is 150 Å². The van der Waals surface area contributed by atoms with Gasteiger partial charge >= 0.3 is 0 Å². The van der Waals surface area contributed by atoms with Gasteiger partial charge in [0.2, 0.25) is 11.8 Å². The molecule has 3 fully saturated rings. The molecular formula is C21H28N2O2. The molecule has 2 aliphatic carbocycles. The lowest BCUT2D eigenvalue weighted by Gasteiger charge is -2.35. The first-order valence-corrected chi connectivity index (χ1v) is 9.84. The maximum absolute atomic E-state index is 12.7. The van der Waals surface area contributed by atoms with Gasteiger partial charge in [0.15, 0.2) is 0 Å². The summed E-state index contributed by atoms with van der Waals surface area (Å²) in [6, 6.07) is 10.4. The number of benzene rings is 1. The smallest absolute Gasteiger partial charge is 0.226 e. The Morgan fingerprint density at radius 3 is 2.24 bits per heavy atom. The van der Waals surface area contributed by atoms with Crippen LogP contribution in [0.25, 0.3) is 0 Å². The van der Waals surface area contributed by atoms with E-state index in [2.05, 4.69) is 12.1 Å². The molecular weight excluding hydrogens is 312 g/mol. The molecule has 134 valence electrons. The van der Waals surface area contributed by atoms with E-state index in [9.17, 15) is 9.59 Å². The molecule has 2 saturated carbocycles. The standard InChI is InChI=1S/C21H28N2O2/c24-20(14-16-6-4-5-7-16)22-10-12-23(13-11-22)21(25)19-15-18(19)17-8-2-1-3-9-17/h1-3,8-9,16,18-19H,4-7,10-15H2. The maximum atomic E-state index is 12.7. The average molecular weight is 340 g/mol. The van der Waals surface area contributed by atoms with Gasteiger partial charge < -0.3 is 9.80 Å². The zero-order valence-electron chi connectivity index (χ0n) is 14.9. The van der Waals surface area contributed by atoms with Gasteiger partial charge in [0.05, 0.1) is 0 Å². The Morgan fingerprint density at radius 1 is 0.920 bits per heavy atom. The third-order valence-electron chi connectivity index (χ3n) is 6.22. The number of amides is 2. The number of carbonyl (C=O) groups is 2. The van der Waals surface area contributed by atoms with E-state index in [4.69, 9.17) is 0 Å². The zero-order chi connectivity index (χ0) is 17.2. The summed E-state index contributed by atoms with van der Waals surface area (Å²) in [6.07, 6.45) is 6.68. The predicted octanol–water partition coefficient (Wildman–Crippen LogP) is 3.04. The van der Waals surface area contributed by atoms with Crippen LogP contribution >= 0.6 is 0 Å². The van der Waals surface area contributed by atoms with Crippen LogP contribution in [-0.4, -0.2) is 47.8 Å². The molecule has 25 heavy (non-hydrogen) atoms. The highest BCUT2D eigenvalue weighted by atomic mass is 16.2. The highest BCUT2D eigenvalue weighted by Crippen LogP contribution is 2.48. The highest BCUT2D eigenvalue weighted by Gasteiger charge is 2.46. The molecule has 3 aliphatic rings. The first-order chi connectivity index (χ1) is 12.2. The molecule has 0 aromatic heterocycles. The normalized spacial score (nSPS) is 26.7. The molecule has 4 rings (SSSR count). The molecule has 0 spiro atoms. The van der Waals surface area contributed by atoms with Crippen LogP contribution in [0.15, 0.2) is 30.3 Å². The summed E-state index contributed by atoms with van der Waals surface area (Å²) in [5.74, 6) is 1.74. The van der Waals surface area contributed by atoms with Crippen LogP contribution in [0.2, 0.25) is 0 Å².